The first-order valence-electron chi connectivity index (χ1n) is 11.4. The molecule has 1 aliphatic heterocycles. The first-order valence-corrected chi connectivity index (χ1v) is 11.8. The Hall–Kier alpha value is -3.64. The fourth-order valence-corrected chi connectivity index (χ4v) is 5.24. The number of pyridine rings is 1. The first-order chi connectivity index (χ1) is 16.5. The van der Waals surface area contributed by atoms with Crippen molar-refractivity contribution in [3.8, 4) is 11.4 Å². The second-order valence-electron chi connectivity index (χ2n) is 8.78. The SMILES string of the molecule is COc1ccc(-n2c(C)ccc2[C@H]2[C@H](c3ccccn3)NC(=S)N2c2cc(C)cc(C)c2)cc1. The zero-order chi connectivity index (χ0) is 23.8. The summed E-state index contributed by atoms with van der Waals surface area (Å²) in [6.45, 7) is 6.38. The van der Waals surface area contributed by atoms with Crippen LogP contribution in [-0.2, 0) is 0 Å². The van der Waals surface area contributed by atoms with Crippen LogP contribution in [0.3, 0.4) is 0 Å². The second-order valence-corrected chi connectivity index (χ2v) is 9.16. The van der Waals surface area contributed by atoms with Crippen LogP contribution < -0.4 is 15.0 Å². The molecular weight excluding hydrogens is 440 g/mol. The van der Waals surface area contributed by atoms with Gasteiger partial charge in [-0.05, 0) is 105 Å². The average Bonchev–Trinajstić information content (AvgIpc) is 3.38. The highest BCUT2D eigenvalue weighted by Crippen LogP contribution is 2.43. The normalized spacial score (nSPS) is 17.6. The molecule has 172 valence electrons. The van der Waals surface area contributed by atoms with Gasteiger partial charge in [-0.15, -0.1) is 0 Å². The van der Waals surface area contributed by atoms with Gasteiger partial charge in [-0.1, -0.05) is 12.1 Å². The van der Waals surface area contributed by atoms with Crippen molar-refractivity contribution in [2.75, 3.05) is 12.0 Å². The van der Waals surface area contributed by atoms with Crippen LogP contribution in [0.25, 0.3) is 5.69 Å². The predicted molar refractivity (Wildman–Crippen MR) is 141 cm³/mol. The van der Waals surface area contributed by atoms with Gasteiger partial charge in [-0.3, -0.25) is 4.98 Å². The van der Waals surface area contributed by atoms with Gasteiger partial charge >= 0.3 is 0 Å². The zero-order valence-electron chi connectivity index (χ0n) is 19.8. The lowest BCUT2D eigenvalue weighted by molar-refractivity contribution is 0.414. The van der Waals surface area contributed by atoms with Crippen molar-refractivity contribution in [3.05, 3.63) is 107 Å². The number of hydrogen-bond acceptors (Lipinski definition) is 3. The summed E-state index contributed by atoms with van der Waals surface area (Å²) in [7, 11) is 1.69. The van der Waals surface area contributed by atoms with Crippen LogP contribution in [0.2, 0.25) is 0 Å². The molecule has 1 N–H and O–H groups in total. The first kappa shape index (κ1) is 22.2. The van der Waals surface area contributed by atoms with Crippen molar-refractivity contribution >= 4 is 23.0 Å². The predicted octanol–water partition coefficient (Wildman–Crippen LogP) is 5.98. The number of aromatic nitrogens is 2. The molecule has 1 fully saturated rings. The van der Waals surface area contributed by atoms with E-state index in [-0.39, 0.29) is 12.1 Å². The number of benzene rings is 2. The third-order valence-electron chi connectivity index (χ3n) is 6.32. The largest absolute Gasteiger partial charge is 0.497 e. The summed E-state index contributed by atoms with van der Waals surface area (Å²) in [5.74, 6) is 0.835. The van der Waals surface area contributed by atoms with E-state index in [0.717, 1.165) is 34.2 Å². The number of nitrogens with zero attached hydrogens (tertiary/aromatic N) is 3. The van der Waals surface area contributed by atoms with Gasteiger partial charge in [0.1, 0.15) is 11.8 Å². The summed E-state index contributed by atoms with van der Waals surface area (Å²) < 4.78 is 7.68. The minimum absolute atomic E-state index is 0.0839. The van der Waals surface area contributed by atoms with E-state index in [1.165, 1.54) is 11.1 Å². The lowest BCUT2D eigenvalue weighted by Crippen LogP contribution is -2.30. The summed E-state index contributed by atoms with van der Waals surface area (Å²) in [6, 6.07) is 25.0. The Morgan fingerprint density at radius 1 is 0.882 bits per heavy atom. The Kier molecular flexibility index (Phi) is 5.84. The zero-order valence-corrected chi connectivity index (χ0v) is 20.6. The average molecular weight is 469 g/mol. The van der Waals surface area contributed by atoms with Crippen LogP contribution in [0.1, 0.15) is 40.3 Å². The monoisotopic (exact) mass is 468 g/mol. The van der Waals surface area contributed by atoms with Gasteiger partial charge < -0.3 is 19.5 Å². The van der Waals surface area contributed by atoms with Crippen LogP contribution in [0.5, 0.6) is 5.75 Å². The number of ether oxygens (including phenoxy) is 1. The number of thiocarbonyl (C=S) groups is 1. The van der Waals surface area contributed by atoms with Crippen LogP contribution in [0.4, 0.5) is 5.69 Å². The van der Waals surface area contributed by atoms with Crippen molar-refractivity contribution in [2.45, 2.75) is 32.9 Å². The van der Waals surface area contributed by atoms with Gasteiger partial charge in [0.2, 0.25) is 0 Å². The maximum absolute atomic E-state index is 5.92. The maximum atomic E-state index is 5.92. The van der Waals surface area contributed by atoms with E-state index < -0.39 is 0 Å². The van der Waals surface area contributed by atoms with Crippen LogP contribution in [0.15, 0.2) is 79.0 Å². The van der Waals surface area contributed by atoms with E-state index in [4.69, 9.17) is 21.9 Å². The van der Waals surface area contributed by atoms with E-state index in [1.54, 1.807) is 7.11 Å². The van der Waals surface area contributed by atoms with Gasteiger partial charge in [0.25, 0.3) is 0 Å². The minimum Gasteiger partial charge on any atom is -0.497 e. The van der Waals surface area contributed by atoms with Crippen molar-refractivity contribution in [2.24, 2.45) is 0 Å². The van der Waals surface area contributed by atoms with Crippen LogP contribution in [0, 0.1) is 20.8 Å². The number of hydrogen-bond donors (Lipinski definition) is 1. The third kappa shape index (κ3) is 3.94. The molecule has 2 atom stereocenters. The highest BCUT2D eigenvalue weighted by molar-refractivity contribution is 7.80. The lowest BCUT2D eigenvalue weighted by Gasteiger charge is -2.30. The summed E-state index contributed by atoms with van der Waals surface area (Å²) in [5.41, 5.74) is 7.83. The number of rotatable bonds is 5. The molecule has 3 heterocycles. The second kappa shape index (κ2) is 8.95. The van der Waals surface area contributed by atoms with Gasteiger partial charge in [0, 0.05) is 29.0 Å². The van der Waals surface area contributed by atoms with E-state index in [2.05, 4.69) is 84.1 Å². The molecule has 0 radical (unpaired) electrons. The molecule has 0 saturated carbocycles. The molecule has 0 unspecified atom stereocenters. The van der Waals surface area contributed by atoms with Crippen molar-refractivity contribution in [1.82, 2.24) is 14.9 Å². The Morgan fingerprint density at radius 3 is 2.26 bits per heavy atom. The fraction of sp³-hybridized carbons (Fsp3) is 0.214. The fourth-order valence-electron chi connectivity index (χ4n) is 4.90. The lowest BCUT2D eigenvalue weighted by atomic mass is 10.00. The van der Waals surface area contributed by atoms with Crippen LogP contribution in [-0.4, -0.2) is 21.8 Å². The summed E-state index contributed by atoms with van der Waals surface area (Å²) in [5, 5.41) is 4.27. The molecule has 5 rings (SSSR count). The highest BCUT2D eigenvalue weighted by atomic mass is 32.1. The molecule has 2 aromatic carbocycles. The molecule has 34 heavy (non-hydrogen) atoms. The Labute approximate surface area is 206 Å². The Balaban J connectivity index is 1.70. The molecule has 1 aliphatic rings. The molecule has 0 spiro atoms. The Bertz CT molecular complexity index is 1310. The topological polar surface area (TPSA) is 42.3 Å². The highest BCUT2D eigenvalue weighted by Gasteiger charge is 2.42. The minimum atomic E-state index is -0.0965. The van der Waals surface area contributed by atoms with Crippen molar-refractivity contribution < 1.29 is 4.74 Å². The number of methoxy groups -OCH3 is 1. The number of aryl methyl sites for hydroxylation is 3. The van der Waals surface area contributed by atoms with E-state index >= 15 is 0 Å². The van der Waals surface area contributed by atoms with Crippen LogP contribution >= 0.6 is 12.2 Å². The van der Waals surface area contributed by atoms with Gasteiger partial charge in [0.15, 0.2) is 5.11 Å². The molecule has 0 amide bonds. The quantitative estimate of drug-likeness (QED) is 0.365. The third-order valence-corrected chi connectivity index (χ3v) is 6.64. The molecule has 1 saturated heterocycles. The van der Waals surface area contributed by atoms with Gasteiger partial charge in [-0.2, -0.15) is 0 Å². The maximum Gasteiger partial charge on any atom is 0.174 e. The molecule has 2 aromatic heterocycles. The van der Waals surface area contributed by atoms with E-state index in [9.17, 15) is 0 Å². The van der Waals surface area contributed by atoms with Gasteiger partial charge in [0.05, 0.1) is 18.8 Å². The van der Waals surface area contributed by atoms with Crippen molar-refractivity contribution in [1.29, 1.82) is 0 Å². The van der Waals surface area contributed by atoms with E-state index in [0.29, 0.717) is 5.11 Å². The summed E-state index contributed by atoms with van der Waals surface area (Å²) in [6.07, 6.45) is 1.84. The smallest absolute Gasteiger partial charge is 0.174 e. The summed E-state index contributed by atoms with van der Waals surface area (Å²) >= 11 is 5.92. The molecule has 0 bridgehead atoms. The van der Waals surface area contributed by atoms with E-state index in [1.807, 2.05) is 30.5 Å². The van der Waals surface area contributed by atoms with Gasteiger partial charge in [-0.25, -0.2) is 0 Å². The number of nitrogens with one attached hydrogen (secondary N) is 1. The molecule has 4 aromatic rings. The molecule has 5 nitrogen and oxygen atoms in total. The molecule has 0 aliphatic carbocycles. The molecule has 6 heteroatoms. The summed E-state index contributed by atoms with van der Waals surface area (Å²) in [4.78, 5) is 6.93. The Morgan fingerprint density at radius 2 is 1.62 bits per heavy atom. The number of anilines is 1. The molecular formula is C28H28N4OS. The van der Waals surface area contributed by atoms with Crippen molar-refractivity contribution in [3.63, 3.8) is 0 Å². The standard InChI is InChI=1S/C28H28N4OS/c1-18-15-19(2)17-22(16-18)32-27(26(30-28(32)34)24-7-5-6-14-29-24)25-13-8-20(3)31(25)21-9-11-23(33-4)12-10-21/h5-17,26-27H,1-4H3,(H,30,34)/t26-,27-/m0/s1.